The van der Waals surface area contributed by atoms with Crippen LogP contribution in [0, 0.1) is 0 Å². The van der Waals surface area contributed by atoms with Gasteiger partial charge >= 0.3 is 0 Å². The minimum atomic E-state index is -0.0607. The van der Waals surface area contributed by atoms with Crippen molar-refractivity contribution < 1.29 is 9.59 Å². The Morgan fingerprint density at radius 3 is 3.00 bits per heavy atom. The van der Waals surface area contributed by atoms with E-state index in [0.717, 1.165) is 22.7 Å². The number of aromatic nitrogens is 1. The summed E-state index contributed by atoms with van der Waals surface area (Å²) in [6.45, 7) is 2.14. The molecule has 6 nitrogen and oxygen atoms in total. The summed E-state index contributed by atoms with van der Waals surface area (Å²) in [5.41, 5.74) is 1.84. The third kappa shape index (κ3) is 3.32. The Kier molecular flexibility index (Phi) is 4.90. The molecule has 26 heavy (non-hydrogen) atoms. The van der Waals surface area contributed by atoms with Crippen LogP contribution in [0.3, 0.4) is 0 Å². The van der Waals surface area contributed by atoms with Crippen LogP contribution in [0.4, 0.5) is 5.69 Å². The smallest absolute Gasteiger partial charge is 0.243 e. The highest BCUT2D eigenvalue weighted by atomic mass is 32.2. The van der Waals surface area contributed by atoms with E-state index in [0.29, 0.717) is 18.8 Å². The van der Waals surface area contributed by atoms with Crippen LogP contribution in [0.25, 0.3) is 0 Å². The number of para-hydroxylation sites is 1. The summed E-state index contributed by atoms with van der Waals surface area (Å²) < 4.78 is 0. The van der Waals surface area contributed by atoms with Gasteiger partial charge in [-0.05, 0) is 23.8 Å². The number of carbonyl (C=O) groups is 2. The SMILES string of the molecule is O=C1CSc2ccccc2N1CC(=O)N1CCNCC1c1cccnc1. The van der Waals surface area contributed by atoms with Gasteiger partial charge in [0.1, 0.15) is 6.54 Å². The van der Waals surface area contributed by atoms with Crippen molar-refractivity contribution in [3.63, 3.8) is 0 Å². The van der Waals surface area contributed by atoms with E-state index in [1.54, 1.807) is 17.3 Å². The van der Waals surface area contributed by atoms with Crippen molar-refractivity contribution >= 4 is 29.3 Å². The summed E-state index contributed by atoms with van der Waals surface area (Å²) in [5, 5.41) is 3.34. The summed E-state index contributed by atoms with van der Waals surface area (Å²) in [6, 6.07) is 11.6. The van der Waals surface area contributed by atoms with Crippen LogP contribution in [0.15, 0.2) is 53.7 Å². The number of nitrogens with one attached hydrogen (secondary N) is 1. The van der Waals surface area contributed by atoms with E-state index < -0.39 is 0 Å². The van der Waals surface area contributed by atoms with Gasteiger partial charge in [0.2, 0.25) is 11.8 Å². The molecule has 0 spiro atoms. The molecule has 1 atom stereocenters. The third-order valence-corrected chi connectivity index (χ3v) is 5.78. The average Bonchev–Trinajstić information content (AvgIpc) is 2.71. The maximum Gasteiger partial charge on any atom is 0.243 e. The lowest BCUT2D eigenvalue weighted by Gasteiger charge is -2.38. The second-order valence-corrected chi connectivity index (χ2v) is 7.35. The second kappa shape index (κ2) is 7.47. The lowest BCUT2D eigenvalue weighted by atomic mass is 10.1. The molecule has 2 aliphatic heterocycles. The monoisotopic (exact) mass is 368 g/mol. The van der Waals surface area contributed by atoms with Gasteiger partial charge in [-0.15, -0.1) is 11.8 Å². The largest absolute Gasteiger partial charge is 0.331 e. The van der Waals surface area contributed by atoms with Gasteiger partial charge in [0.15, 0.2) is 0 Å². The first kappa shape index (κ1) is 17.1. The molecule has 0 radical (unpaired) electrons. The van der Waals surface area contributed by atoms with E-state index >= 15 is 0 Å². The number of hydrogen-bond acceptors (Lipinski definition) is 5. The summed E-state index contributed by atoms with van der Waals surface area (Å²) >= 11 is 1.53. The Bertz CT molecular complexity index is 814. The highest BCUT2D eigenvalue weighted by Crippen LogP contribution is 2.35. The standard InChI is InChI=1S/C19H20N4O2S/c24-18(12-23-15-5-1-2-6-17(15)26-13-19(23)25)22-9-8-21-11-16(22)14-4-3-7-20-10-14/h1-7,10,16,21H,8-9,11-13H2. The van der Waals surface area contributed by atoms with Gasteiger partial charge < -0.3 is 15.1 Å². The van der Waals surface area contributed by atoms with Crippen LogP contribution in [0.2, 0.25) is 0 Å². The lowest BCUT2D eigenvalue weighted by molar-refractivity contribution is -0.134. The Hall–Kier alpha value is -2.38. The van der Waals surface area contributed by atoms with Crippen LogP contribution in [-0.2, 0) is 9.59 Å². The summed E-state index contributed by atoms with van der Waals surface area (Å²) in [5.74, 6) is 0.322. The molecule has 0 saturated carbocycles. The van der Waals surface area contributed by atoms with Crippen LogP contribution < -0.4 is 10.2 Å². The number of fused-ring (bicyclic) bond motifs is 1. The minimum Gasteiger partial charge on any atom is -0.331 e. The summed E-state index contributed by atoms with van der Waals surface area (Å²) in [4.78, 5) is 34.2. The van der Waals surface area contributed by atoms with Crippen molar-refractivity contribution in [3.8, 4) is 0 Å². The fourth-order valence-electron chi connectivity index (χ4n) is 3.43. The minimum absolute atomic E-state index is 0.0184. The first-order valence-corrected chi connectivity index (χ1v) is 9.65. The number of anilines is 1. The molecule has 4 rings (SSSR count). The highest BCUT2D eigenvalue weighted by molar-refractivity contribution is 8.00. The Labute approximate surface area is 156 Å². The maximum absolute atomic E-state index is 13.1. The molecule has 1 aromatic heterocycles. The molecule has 2 aliphatic rings. The van der Waals surface area contributed by atoms with E-state index in [2.05, 4.69) is 10.3 Å². The molecule has 2 amide bonds. The third-order valence-electron chi connectivity index (χ3n) is 4.73. The topological polar surface area (TPSA) is 65.5 Å². The van der Waals surface area contributed by atoms with E-state index in [4.69, 9.17) is 0 Å². The summed E-state index contributed by atoms with van der Waals surface area (Å²) in [7, 11) is 0. The number of hydrogen-bond donors (Lipinski definition) is 1. The van der Waals surface area contributed by atoms with Crippen LogP contribution in [0.1, 0.15) is 11.6 Å². The highest BCUT2D eigenvalue weighted by Gasteiger charge is 2.32. The lowest BCUT2D eigenvalue weighted by Crippen LogP contribution is -2.52. The molecule has 1 fully saturated rings. The predicted molar refractivity (Wildman–Crippen MR) is 101 cm³/mol. The zero-order chi connectivity index (χ0) is 17.9. The van der Waals surface area contributed by atoms with Crippen molar-refractivity contribution in [3.05, 3.63) is 54.4 Å². The predicted octanol–water partition coefficient (Wildman–Crippen LogP) is 1.69. The Morgan fingerprint density at radius 2 is 2.15 bits per heavy atom. The van der Waals surface area contributed by atoms with Gasteiger partial charge in [0.05, 0.1) is 17.5 Å². The number of thioether (sulfide) groups is 1. The van der Waals surface area contributed by atoms with Crippen LogP contribution in [0.5, 0.6) is 0 Å². The first-order chi connectivity index (χ1) is 12.7. The maximum atomic E-state index is 13.1. The number of amides is 2. The molecular formula is C19H20N4O2S. The van der Waals surface area contributed by atoms with Crippen molar-refractivity contribution in [2.75, 3.05) is 36.8 Å². The van der Waals surface area contributed by atoms with Gasteiger partial charge in [0, 0.05) is 36.9 Å². The molecule has 1 unspecified atom stereocenters. The van der Waals surface area contributed by atoms with E-state index in [1.807, 2.05) is 41.3 Å². The normalized spacial score (nSPS) is 20.0. The molecular weight excluding hydrogens is 348 g/mol. The zero-order valence-corrected chi connectivity index (χ0v) is 15.1. The molecule has 0 bridgehead atoms. The van der Waals surface area contributed by atoms with E-state index in [9.17, 15) is 9.59 Å². The van der Waals surface area contributed by atoms with Crippen molar-refractivity contribution in [2.24, 2.45) is 0 Å². The van der Waals surface area contributed by atoms with Crippen molar-refractivity contribution in [2.45, 2.75) is 10.9 Å². The number of piperazine rings is 1. The molecule has 1 saturated heterocycles. The van der Waals surface area contributed by atoms with E-state index in [-0.39, 0.29) is 24.4 Å². The molecule has 7 heteroatoms. The second-order valence-electron chi connectivity index (χ2n) is 6.33. The van der Waals surface area contributed by atoms with Crippen LogP contribution in [-0.4, -0.2) is 53.6 Å². The number of pyridine rings is 1. The number of carbonyl (C=O) groups excluding carboxylic acids is 2. The van der Waals surface area contributed by atoms with Gasteiger partial charge in [-0.2, -0.15) is 0 Å². The van der Waals surface area contributed by atoms with E-state index in [1.165, 1.54) is 11.8 Å². The van der Waals surface area contributed by atoms with Gasteiger partial charge in [0.25, 0.3) is 0 Å². The number of rotatable bonds is 3. The number of nitrogens with zero attached hydrogens (tertiary/aromatic N) is 3. The first-order valence-electron chi connectivity index (χ1n) is 8.66. The van der Waals surface area contributed by atoms with Gasteiger partial charge in [-0.3, -0.25) is 14.6 Å². The fourth-order valence-corrected chi connectivity index (χ4v) is 4.36. The molecule has 2 aromatic rings. The molecule has 0 aliphatic carbocycles. The van der Waals surface area contributed by atoms with Crippen molar-refractivity contribution in [1.82, 2.24) is 15.2 Å². The molecule has 134 valence electrons. The number of benzene rings is 1. The Balaban J connectivity index is 1.56. The van der Waals surface area contributed by atoms with Gasteiger partial charge in [-0.25, -0.2) is 0 Å². The zero-order valence-electron chi connectivity index (χ0n) is 14.3. The molecule has 3 heterocycles. The molecule has 1 aromatic carbocycles. The molecule has 1 N–H and O–H groups in total. The Morgan fingerprint density at radius 1 is 1.27 bits per heavy atom. The van der Waals surface area contributed by atoms with Crippen LogP contribution >= 0.6 is 11.8 Å². The average molecular weight is 368 g/mol. The fraction of sp³-hybridized carbons (Fsp3) is 0.316. The van der Waals surface area contributed by atoms with Crippen molar-refractivity contribution in [1.29, 1.82) is 0 Å². The quantitative estimate of drug-likeness (QED) is 0.893. The summed E-state index contributed by atoms with van der Waals surface area (Å²) in [6.07, 6.45) is 3.53. The van der Waals surface area contributed by atoms with Gasteiger partial charge in [-0.1, -0.05) is 18.2 Å².